The Hall–Kier alpha value is -4.11. The highest BCUT2D eigenvalue weighted by atomic mass is 16.5. The Kier molecular flexibility index (Phi) is 4.85. The molecule has 5 rings (SSSR count). The molecule has 4 aromatic rings. The Bertz CT molecular complexity index is 1320. The van der Waals surface area contributed by atoms with E-state index in [0.717, 1.165) is 39.0 Å². The number of hydrogen-bond donors (Lipinski definition) is 0. The van der Waals surface area contributed by atoms with E-state index in [2.05, 4.69) is 24.3 Å². The van der Waals surface area contributed by atoms with Crippen LogP contribution in [0.3, 0.4) is 0 Å². The summed E-state index contributed by atoms with van der Waals surface area (Å²) in [6, 6.07) is 32.0. The van der Waals surface area contributed by atoms with Crippen molar-refractivity contribution < 1.29 is 9.53 Å². The maximum atomic E-state index is 13.5. The molecule has 1 heterocycles. The maximum Gasteiger partial charge on any atom is 0.262 e. The molecule has 0 atom stereocenters. The second kappa shape index (κ2) is 7.96. The van der Waals surface area contributed by atoms with E-state index >= 15 is 0 Å². The number of anilines is 1. The first-order valence-corrected chi connectivity index (χ1v) is 10.2. The van der Waals surface area contributed by atoms with Crippen molar-refractivity contribution in [3.63, 3.8) is 0 Å². The molecule has 0 saturated heterocycles. The van der Waals surface area contributed by atoms with Crippen LogP contribution in [-0.2, 0) is 4.79 Å². The van der Waals surface area contributed by atoms with Crippen LogP contribution in [0.15, 0.2) is 109 Å². The molecule has 0 radical (unpaired) electrons. The number of benzene rings is 4. The molecule has 1 amide bonds. The molecule has 0 aromatic heterocycles. The van der Waals surface area contributed by atoms with Crippen LogP contribution in [0.4, 0.5) is 5.69 Å². The molecular weight excluding hydrogens is 382 g/mol. The van der Waals surface area contributed by atoms with Crippen LogP contribution in [-0.4, -0.2) is 13.0 Å². The molecule has 3 heteroatoms. The molecule has 4 aromatic carbocycles. The first-order valence-electron chi connectivity index (χ1n) is 10.2. The minimum atomic E-state index is -0.0371. The summed E-state index contributed by atoms with van der Waals surface area (Å²) in [6.45, 7) is 0. The first-order chi connectivity index (χ1) is 15.2. The number of nitrogens with zero attached hydrogens (tertiary/aromatic N) is 1. The van der Waals surface area contributed by atoms with Crippen molar-refractivity contribution in [1.29, 1.82) is 0 Å². The third-order valence-corrected chi connectivity index (χ3v) is 5.48. The molecule has 0 saturated carbocycles. The van der Waals surface area contributed by atoms with E-state index in [4.69, 9.17) is 4.74 Å². The van der Waals surface area contributed by atoms with Crippen LogP contribution >= 0.6 is 0 Å². The SMILES string of the molecule is COc1ccc(C=C2C=C(c3ccccc3)N(c3ccc4ccccc4c3)C2=O)cc1. The quantitative estimate of drug-likeness (QED) is 0.373. The van der Waals surface area contributed by atoms with E-state index in [1.54, 1.807) is 12.0 Å². The molecule has 0 N–H and O–H groups in total. The molecule has 150 valence electrons. The van der Waals surface area contributed by atoms with Crippen molar-refractivity contribution >= 4 is 34.1 Å². The van der Waals surface area contributed by atoms with Crippen LogP contribution in [0, 0.1) is 0 Å². The van der Waals surface area contributed by atoms with Gasteiger partial charge in [0.25, 0.3) is 5.91 Å². The van der Waals surface area contributed by atoms with Gasteiger partial charge < -0.3 is 4.74 Å². The number of carbonyl (C=O) groups excluding carboxylic acids is 1. The van der Waals surface area contributed by atoms with E-state index in [9.17, 15) is 4.79 Å². The zero-order valence-corrected chi connectivity index (χ0v) is 17.2. The van der Waals surface area contributed by atoms with E-state index in [1.165, 1.54) is 0 Å². The predicted molar refractivity (Wildman–Crippen MR) is 127 cm³/mol. The van der Waals surface area contributed by atoms with Gasteiger partial charge in [0.2, 0.25) is 0 Å². The van der Waals surface area contributed by atoms with Gasteiger partial charge in [0.1, 0.15) is 5.75 Å². The minimum absolute atomic E-state index is 0.0371. The highest BCUT2D eigenvalue weighted by Gasteiger charge is 2.30. The largest absolute Gasteiger partial charge is 0.497 e. The summed E-state index contributed by atoms with van der Waals surface area (Å²) in [6.07, 6.45) is 3.89. The fraction of sp³-hybridized carbons (Fsp3) is 0.0357. The van der Waals surface area contributed by atoms with Gasteiger partial charge in [0, 0.05) is 11.3 Å². The summed E-state index contributed by atoms with van der Waals surface area (Å²) in [5.41, 5.74) is 4.34. The topological polar surface area (TPSA) is 29.5 Å². The molecule has 0 unspecified atom stereocenters. The number of methoxy groups -OCH3 is 1. The van der Waals surface area contributed by atoms with Crippen molar-refractivity contribution in [2.75, 3.05) is 12.0 Å². The maximum absolute atomic E-state index is 13.5. The van der Waals surface area contributed by atoms with Gasteiger partial charge in [-0.25, -0.2) is 0 Å². The van der Waals surface area contributed by atoms with Gasteiger partial charge in [-0.1, -0.05) is 72.8 Å². The van der Waals surface area contributed by atoms with E-state index in [0.29, 0.717) is 5.57 Å². The van der Waals surface area contributed by atoms with Crippen molar-refractivity contribution in [2.45, 2.75) is 0 Å². The smallest absolute Gasteiger partial charge is 0.262 e. The van der Waals surface area contributed by atoms with Gasteiger partial charge in [-0.2, -0.15) is 0 Å². The lowest BCUT2D eigenvalue weighted by Gasteiger charge is -2.21. The number of ether oxygens (including phenoxy) is 1. The van der Waals surface area contributed by atoms with Gasteiger partial charge in [-0.05, 0) is 58.3 Å². The molecule has 1 aliphatic rings. The van der Waals surface area contributed by atoms with Crippen molar-refractivity contribution in [2.24, 2.45) is 0 Å². The summed E-state index contributed by atoms with van der Waals surface area (Å²) < 4.78 is 5.24. The summed E-state index contributed by atoms with van der Waals surface area (Å²) >= 11 is 0. The number of hydrogen-bond acceptors (Lipinski definition) is 2. The van der Waals surface area contributed by atoms with E-state index < -0.39 is 0 Å². The third kappa shape index (κ3) is 3.62. The lowest BCUT2D eigenvalue weighted by Crippen LogP contribution is -2.24. The molecule has 0 bridgehead atoms. The zero-order chi connectivity index (χ0) is 21.2. The lowest BCUT2D eigenvalue weighted by atomic mass is 10.1. The standard InChI is InChI=1S/C28H21NO2/c1-31-26-15-11-20(12-16-26)17-24-19-27(22-8-3-2-4-9-22)29(28(24)30)25-14-13-21-7-5-6-10-23(21)18-25/h2-19H,1H3. The number of carbonyl (C=O) groups is 1. The van der Waals surface area contributed by atoms with Crippen molar-refractivity contribution in [3.05, 3.63) is 120 Å². The Labute approximate surface area is 181 Å². The Balaban J connectivity index is 1.61. The Morgan fingerprint density at radius 3 is 2.23 bits per heavy atom. The van der Waals surface area contributed by atoms with E-state index in [1.807, 2.05) is 84.9 Å². The van der Waals surface area contributed by atoms with E-state index in [-0.39, 0.29) is 5.91 Å². The monoisotopic (exact) mass is 403 g/mol. The number of amides is 1. The number of fused-ring (bicyclic) bond motifs is 1. The van der Waals surface area contributed by atoms with Crippen LogP contribution in [0.1, 0.15) is 11.1 Å². The summed E-state index contributed by atoms with van der Waals surface area (Å²) in [5, 5.41) is 2.25. The molecule has 0 spiro atoms. The predicted octanol–water partition coefficient (Wildman–Crippen LogP) is 6.32. The second-order valence-electron chi connectivity index (χ2n) is 7.44. The molecule has 0 aliphatic carbocycles. The average molecular weight is 403 g/mol. The fourth-order valence-corrected chi connectivity index (χ4v) is 3.89. The zero-order valence-electron chi connectivity index (χ0n) is 17.2. The molecule has 1 aliphatic heterocycles. The van der Waals surface area contributed by atoms with Crippen LogP contribution in [0.2, 0.25) is 0 Å². The summed E-state index contributed by atoms with van der Waals surface area (Å²) in [7, 11) is 1.64. The molecular formula is C28H21NO2. The highest BCUT2D eigenvalue weighted by Crippen LogP contribution is 2.36. The van der Waals surface area contributed by atoms with Gasteiger partial charge in [0.15, 0.2) is 0 Å². The molecule has 3 nitrogen and oxygen atoms in total. The average Bonchev–Trinajstić information content (AvgIpc) is 3.15. The summed E-state index contributed by atoms with van der Waals surface area (Å²) in [5.74, 6) is 0.753. The van der Waals surface area contributed by atoms with Gasteiger partial charge in [0.05, 0.1) is 12.8 Å². The molecule has 0 fully saturated rings. The lowest BCUT2D eigenvalue weighted by molar-refractivity contribution is -0.113. The van der Waals surface area contributed by atoms with Gasteiger partial charge in [-0.15, -0.1) is 0 Å². The summed E-state index contributed by atoms with van der Waals surface area (Å²) in [4.78, 5) is 15.3. The third-order valence-electron chi connectivity index (χ3n) is 5.48. The van der Waals surface area contributed by atoms with Gasteiger partial charge in [-0.3, -0.25) is 9.69 Å². The Morgan fingerprint density at radius 2 is 1.48 bits per heavy atom. The van der Waals surface area contributed by atoms with Crippen LogP contribution in [0.5, 0.6) is 5.75 Å². The minimum Gasteiger partial charge on any atom is -0.497 e. The second-order valence-corrected chi connectivity index (χ2v) is 7.44. The fourth-order valence-electron chi connectivity index (χ4n) is 3.89. The van der Waals surface area contributed by atoms with Crippen molar-refractivity contribution in [1.82, 2.24) is 0 Å². The normalized spacial score (nSPS) is 14.9. The number of rotatable bonds is 4. The first kappa shape index (κ1) is 18.9. The van der Waals surface area contributed by atoms with Gasteiger partial charge >= 0.3 is 0 Å². The molecule has 31 heavy (non-hydrogen) atoms. The highest BCUT2D eigenvalue weighted by molar-refractivity contribution is 6.23. The van der Waals surface area contributed by atoms with Crippen LogP contribution < -0.4 is 9.64 Å². The van der Waals surface area contributed by atoms with Crippen LogP contribution in [0.25, 0.3) is 22.5 Å². The Morgan fingerprint density at radius 1 is 0.774 bits per heavy atom. The van der Waals surface area contributed by atoms with Crippen molar-refractivity contribution in [3.8, 4) is 5.75 Å².